The maximum Gasteiger partial charge on any atom is 0.156 e. The zero-order valence-corrected chi connectivity index (χ0v) is 16.7. The Balaban J connectivity index is 1.30. The number of aryl methyl sites for hydroxylation is 1. The maximum atomic E-state index is 4.64. The summed E-state index contributed by atoms with van der Waals surface area (Å²) in [4.78, 5) is 16.8. The molecule has 0 radical (unpaired) electrons. The molecule has 0 bridgehead atoms. The second kappa shape index (κ2) is 7.68. The zero-order chi connectivity index (χ0) is 19.6. The summed E-state index contributed by atoms with van der Waals surface area (Å²) >= 11 is 0. The third-order valence-corrected chi connectivity index (χ3v) is 5.80. The first kappa shape index (κ1) is 17.9. The Morgan fingerprint density at radius 1 is 1.07 bits per heavy atom. The predicted octanol–water partition coefficient (Wildman–Crippen LogP) is 2.84. The van der Waals surface area contributed by atoms with Crippen molar-refractivity contribution in [1.29, 1.82) is 0 Å². The van der Waals surface area contributed by atoms with Crippen molar-refractivity contribution in [2.75, 3.05) is 37.6 Å². The number of nitrogens with one attached hydrogen (secondary N) is 2. The molecule has 2 aromatic heterocycles. The minimum absolute atomic E-state index is 1.01. The molecule has 0 spiro atoms. The van der Waals surface area contributed by atoms with Crippen LogP contribution in [0.1, 0.15) is 11.1 Å². The average molecular weight is 385 g/mol. The fourth-order valence-corrected chi connectivity index (χ4v) is 4.20. The van der Waals surface area contributed by atoms with Crippen molar-refractivity contribution in [2.24, 2.45) is 0 Å². The molecule has 2 N–H and O–H groups in total. The highest BCUT2D eigenvalue weighted by Crippen LogP contribution is 2.29. The molecule has 146 valence electrons. The Hall–Kier alpha value is -3.18. The Bertz CT molecular complexity index is 1150. The number of nitrogens with zero attached hydrogens (tertiary/aromatic N) is 3. The van der Waals surface area contributed by atoms with E-state index in [-0.39, 0.29) is 0 Å². The van der Waals surface area contributed by atoms with E-state index in [1.165, 1.54) is 16.5 Å². The van der Waals surface area contributed by atoms with Gasteiger partial charge in [-0.05, 0) is 30.2 Å². The van der Waals surface area contributed by atoms with E-state index in [9.17, 15) is 0 Å². The van der Waals surface area contributed by atoms with E-state index in [2.05, 4.69) is 87.5 Å². The molecule has 1 aliphatic heterocycles. The molecule has 0 saturated carbocycles. The van der Waals surface area contributed by atoms with Crippen LogP contribution in [0.2, 0.25) is 0 Å². The van der Waals surface area contributed by atoms with E-state index in [1.807, 2.05) is 0 Å². The molecule has 5 nitrogen and oxygen atoms in total. The first-order chi connectivity index (χ1) is 14.3. The molecular formula is C24H26N5+. The molecule has 5 rings (SSSR count). The Kier molecular flexibility index (Phi) is 4.74. The number of benzene rings is 2. The summed E-state index contributed by atoms with van der Waals surface area (Å²) in [5.74, 6) is 1.03. The molecule has 1 fully saturated rings. The zero-order valence-electron chi connectivity index (χ0n) is 16.7. The number of hydrogen-bond acceptors (Lipinski definition) is 3. The summed E-state index contributed by atoms with van der Waals surface area (Å²) in [6, 6.07) is 17.0. The van der Waals surface area contributed by atoms with Crippen molar-refractivity contribution in [2.45, 2.75) is 6.92 Å². The Morgan fingerprint density at radius 2 is 1.90 bits per heavy atom. The van der Waals surface area contributed by atoms with Crippen molar-refractivity contribution >= 4 is 33.8 Å². The quantitative estimate of drug-likeness (QED) is 0.569. The normalized spacial score (nSPS) is 15.7. The lowest BCUT2D eigenvalue weighted by Gasteiger charge is -2.32. The van der Waals surface area contributed by atoms with Crippen molar-refractivity contribution < 1.29 is 4.90 Å². The van der Waals surface area contributed by atoms with Gasteiger partial charge in [-0.3, -0.25) is 0 Å². The van der Waals surface area contributed by atoms with Gasteiger partial charge in [-0.1, -0.05) is 48.5 Å². The highest BCUT2D eigenvalue weighted by molar-refractivity contribution is 6.08. The Morgan fingerprint density at radius 3 is 2.72 bits per heavy atom. The highest BCUT2D eigenvalue weighted by Gasteiger charge is 2.23. The molecule has 5 heteroatoms. The number of anilines is 1. The van der Waals surface area contributed by atoms with E-state index in [0.29, 0.717) is 0 Å². The summed E-state index contributed by atoms with van der Waals surface area (Å²) in [7, 11) is 0. The van der Waals surface area contributed by atoms with Crippen LogP contribution < -0.4 is 9.80 Å². The van der Waals surface area contributed by atoms with E-state index >= 15 is 0 Å². The summed E-state index contributed by atoms with van der Waals surface area (Å²) in [6.45, 7) is 7.43. The smallest absolute Gasteiger partial charge is 0.156 e. The monoisotopic (exact) mass is 384 g/mol. The van der Waals surface area contributed by atoms with Crippen LogP contribution >= 0.6 is 0 Å². The van der Waals surface area contributed by atoms with Crippen molar-refractivity contribution in [3.8, 4) is 0 Å². The summed E-state index contributed by atoms with van der Waals surface area (Å²) < 4.78 is 0. The number of hydrogen-bond donors (Lipinski definition) is 2. The topological polar surface area (TPSA) is 49.2 Å². The van der Waals surface area contributed by atoms with Gasteiger partial charge < -0.3 is 14.8 Å². The largest absolute Gasteiger partial charge is 0.350 e. The molecule has 0 aliphatic carbocycles. The molecule has 3 heterocycles. The number of quaternary nitrogens is 1. The number of H-pyrrole nitrogens is 1. The van der Waals surface area contributed by atoms with Crippen LogP contribution in [0.15, 0.2) is 60.9 Å². The number of piperazine rings is 1. The second-order valence-corrected chi connectivity index (χ2v) is 7.85. The molecule has 2 aromatic carbocycles. The lowest BCUT2D eigenvalue weighted by molar-refractivity contribution is -0.894. The van der Waals surface area contributed by atoms with Crippen LogP contribution in [0.5, 0.6) is 0 Å². The number of fused-ring (bicyclic) bond motifs is 3. The molecule has 1 saturated heterocycles. The van der Waals surface area contributed by atoms with Gasteiger partial charge in [0, 0.05) is 10.9 Å². The molecular weight excluding hydrogens is 358 g/mol. The molecule has 29 heavy (non-hydrogen) atoms. The standard InChI is InChI=1S/C24H25N5/c1-18-9-10-20-21(16-18)27-23-22(20)25-17-26-24(23)29-14-12-28(13-15-29)11-5-8-19-6-3-2-4-7-19/h2-10,16-17,27H,11-15H2,1H3/p+1/b8-5+. The molecule has 1 aliphatic rings. The lowest BCUT2D eigenvalue weighted by atomic mass is 10.2. The minimum atomic E-state index is 1.01. The molecule has 0 unspecified atom stereocenters. The summed E-state index contributed by atoms with van der Waals surface area (Å²) in [5, 5.41) is 1.17. The first-order valence-corrected chi connectivity index (χ1v) is 10.3. The third-order valence-electron chi connectivity index (χ3n) is 5.80. The van der Waals surface area contributed by atoms with Crippen molar-refractivity contribution in [3.63, 3.8) is 0 Å². The molecule has 0 amide bonds. The van der Waals surface area contributed by atoms with Gasteiger partial charge in [0.25, 0.3) is 0 Å². The fourth-order valence-electron chi connectivity index (χ4n) is 4.20. The van der Waals surface area contributed by atoms with Gasteiger partial charge in [-0.25, -0.2) is 9.97 Å². The van der Waals surface area contributed by atoms with Crippen LogP contribution in [0.3, 0.4) is 0 Å². The average Bonchev–Trinajstić information content (AvgIpc) is 3.12. The van der Waals surface area contributed by atoms with Crippen molar-refractivity contribution in [3.05, 3.63) is 72.1 Å². The van der Waals surface area contributed by atoms with Gasteiger partial charge >= 0.3 is 0 Å². The van der Waals surface area contributed by atoms with E-state index in [1.54, 1.807) is 11.2 Å². The van der Waals surface area contributed by atoms with Gasteiger partial charge in [-0.2, -0.15) is 0 Å². The van der Waals surface area contributed by atoms with Crippen molar-refractivity contribution in [1.82, 2.24) is 15.0 Å². The number of rotatable bonds is 4. The van der Waals surface area contributed by atoms with Crippen LogP contribution in [-0.2, 0) is 0 Å². The van der Waals surface area contributed by atoms with Crippen LogP contribution in [0.4, 0.5) is 5.82 Å². The van der Waals surface area contributed by atoms with Crippen LogP contribution in [0, 0.1) is 6.92 Å². The van der Waals surface area contributed by atoms with E-state index in [4.69, 9.17) is 0 Å². The van der Waals surface area contributed by atoms with E-state index < -0.39 is 0 Å². The van der Waals surface area contributed by atoms with Crippen LogP contribution in [0.25, 0.3) is 28.0 Å². The number of aromatic amines is 1. The van der Waals surface area contributed by atoms with E-state index in [0.717, 1.165) is 55.1 Å². The second-order valence-electron chi connectivity index (χ2n) is 7.85. The van der Waals surface area contributed by atoms with Gasteiger partial charge in [0.1, 0.15) is 17.4 Å². The minimum Gasteiger partial charge on any atom is -0.350 e. The number of aromatic nitrogens is 3. The van der Waals surface area contributed by atoms with Crippen LogP contribution in [-0.4, -0.2) is 47.7 Å². The summed E-state index contributed by atoms with van der Waals surface area (Å²) in [6.07, 6.45) is 6.22. The molecule has 4 aromatic rings. The van der Waals surface area contributed by atoms with Gasteiger partial charge in [0.15, 0.2) is 5.82 Å². The SMILES string of the molecule is Cc1ccc2c(c1)[nH]c1c(N3CC[NH+](C/C=C/c4ccccc4)CC3)ncnc12. The highest BCUT2D eigenvalue weighted by atomic mass is 15.3. The fraction of sp³-hybridized carbons (Fsp3) is 0.250. The lowest BCUT2D eigenvalue weighted by Crippen LogP contribution is -3.14. The van der Waals surface area contributed by atoms with Gasteiger partial charge in [-0.15, -0.1) is 0 Å². The molecule has 0 atom stereocenters. The van der Waals surface area contributed by atoms with Gasteiger partial charge in [0.2, 0.25) is 0 Å². The third kappa shape index (κ3) is 3.61. The Labute approximate surface area is 170 Å². The first-order valence-electron chi connectivity index (χ1n) is 10.3. The predicted molar refractivity (Wildman–Crippen MR) is 119 cm³/mol. The maximum absolute atomic E-state index is 4.64. The summed E-state index contributed by atoms with van der Waals surface area (Å²) in [5.41, 5.74) is 5.73. The van der Waals surface area contributed by atoms with Gasteiger partial charge in [0.05, 0.1) is 32.7 Å².